The molecule has 2 aromatic rings. The zero-order valence-corrected chi connectivity index (χ0v) is 25.1. The predicted octanol–water partition coefficient (Wildman–Crippen LogP) is 6.92. The van der Waals surface area contributed by atoms with Gasteiger partial charge in [0.1, 0.15) is 18.2 Å². The molecule has 2 aromatic carbocycles. The van der Waals surface area contributed by atoms with Crippen molar-refractivity contribution in [3.05, 3.63) is 64.2 Å². The first-order chi connectivity index (χ1) is 18.4. The Morgan fingerprint density at radius 3 is 1.92 bits per heavy atom. The lowest BCUT2D eigenvalue weighted by Crippen LogP contribution is -2.47. The lowest BCUT2D eigenvalue weighted by Gasteiger charge is -2.34. The Morgan fingerprint density at radius 1 is 0.846 bits per heavy atom. The molecule has 0 aliphatic rings. The highest BCUT2D eigenvalue weighted by molar-refractivity contribution is 5.99. The Labute approximate surface area is 234 Å². The van der Waals surface area contributed by atoms with E-state index in [0.29, 0.717) is 6.54 Å². The number of rotatable bonds is 12. The number of nitrogens with one attached hydrogen (secondary N) is 2. The molecule has 0 spiro atoms. The van der Waals surface area contributed by atoms with Crippen LogP contribution in [0.15, 0.2) is 36.4 Å². The van der Waals surface area contributed by atoms with E-state index in [1.807, 2.05) is 64.1 Å². The zero-order valence-electron chi connectivity index (χ0n) is 25.1. The summed E-state index contributed by atoms with van der Waals surface area (Å²) < 4.78 is 5.33. The number of aryl methyl sites for hydroxylation is 4. The minimum atomic E-state index is -0.857. The van der Waals surface area contributed by atoms with Crippen LogP contribution < -0.4 is 10.6 Å². The number of unbranched alkanes of at least 4 members (excludes halogenated alkanes) is 4. The van der Waals surface area contributed by atoms with E-state index in [1.165, 1.54) is 0 Å². The van der Waals surface area contributed by atoms with E-state index in [2.05, 4.69) is 17.6 Å². The first-order valence-corrected chi connectivity index (χ1v) is 14.0. The first kappa shape index (κ1) is 31.9. The van der Waals surface area contributed by atoms with Gasteiger partial charge in [0.25, 0.3) is 5.91 Å². The molecule has 0 aromatic heterocycles. The van der Waals surface area contributed by atoms with Crippen molar-refractivity contribution >= 4 is 23.6 Å². The van der Waals surface area contributed by atoms with E-state index in [4.69, 9.17) is 4.74 Å². The molecular formula is C32H47N3O4. The molecule has 7 nitrogen and oxygen atoms in total. The average Bonchev–Trinajstić information content (AvgIpc) is 2.84. The van der Waals surface area contributed by atoms with E-state index in [0.717, 1.165) is 65.6 Å². The van der Waals surface area contributed by atoms with Crippen LogP contribution in [-0.2, 0) is 14.3 Å². The standard InChI is InChI=1S/C32H47N3O4/c1-9-10-11-12-13-20-35(26(36)21-33-31(38)39-32(6,7)8)29(27-22(2)16-14-17-23(27)3)30(37)34-28-24(4)18-15-19-25(28)5/h14-19,29H,9-13,20-21H2,1-8H3,(H,33,38)(H,34,37). The highest BCUT2D eigenvalue weighted by atomic mass is 16.6. The molecule has 0 saturated heterocycles. The SMILES string of the molecule is CCCCCCCN(C(=O)CNC(=O)OC(C)(C)C)C(C(=O)Nc1c(C)cccc1C)c1c(C)cccc1C. The highest BCUT2D eigenvalue weighted by Crippen LogP contribution is 2.31. The number of benzene rings is 2. The minimum absolute atomic E-state index is 0.262. The molecule has 0 radical (unpaired) electrons. The topological polar surface area (TPSA) is 87.7 Å². The summed E-state index contributed by atoms with van der Waals surface area (Å²) in [5.41, 5.74) is 4.64. The van der Waals surface area contributed by atoms with Crippen LogP contribution in [0.2, 0.25) is 0 Å². The molecule has 1 unspecified atom stereocenters. The van der Waals surface area contributed by atoms with Crippen molar-refractivity contribution in [2.45, 2.75) is 99.1 Å². The van der Waals surface area contributed by atoms with Crippen molar-refractivity contribution in [1.82, 2.24) is 10.2 Å². The average molecular weight is 538 g/mol. The summed E-state index contributed by atoms with van der Waals surface area (Å²) in [5, 5.41) is 5.72. The number of ether oxygens (including phenoxy) is 1. The summed E-state index contributed by atoms with van der Waals surface area (Å²) in [7, 11) is 0. The molecular weight excluding hydrogens is 490 g/mol. The lowest BCUT2D eigenvalue weighted by molar-refractivity contribution is -0.138. The third-order valence-corrected chi connectivity index (χ3v) is 6.71. The number of anilines is 1. The third kappa shape index (κ3) is 9.72. The van der Waals surface area contributed by atoms with Crippen molar-refractivity contribution in [1.29, 1.82) is 0 Å². The van der Waals surface area contributed by atoms with E-state index in [1.54, 1.807) is 25.7 Å². The molecule has 0 fully saturated rings. The molecule has 0 heterocycles. The number of hydrogen-bond acceptors (Lipinski definition) is 4. The molecule has 0 aliphatic carbocycles. The quantitative estimate of drug-likeness (QED) is 0.288. The maximum Gasteiger partial charge on any atom is 0.408 e. The van der Waals surface area contributed by atoms with Gasteiger partial charge < -0.3 is 20.3 Å². The van der Waals surface area contributed by atoms with E-state index >= 15 is 0 Å². The van der Waals surface area contributed by atoms with Crippen molar-refractivity contribution in [2.24, 2.45) is 0 Å². The maximum atomic E-state index is 14.1. The van der Waals surface area contributed by atoms with Crippen molar-refractivity contribution in [3.8, 4) is 0 Å². The molecule has 1 atom stereocenters. The second-order valence-electron chi connectivity index (χ2n) is 11.3. The van der Waals surface area contributed by atoms with Crippen LogP contribution in [0.4, 0.5) is 10.5 Å². The predicted molar refractivity (Wildman–Crippen MR) is 158 cm³/mol. The number of para-hydroxylation sites is 1. The summed E-state index contributed by atoms with van der Waals surface area (Å²) in [4.78, 5) is 41.8. The van der Waals surface area contributed by atoms with Crippen molar-refractivity contribution < 1.29 is 19.1 Å². The fourth-order valence-corrected chi connectivity index (χ4v) is 4.74. The van der Waals surface area contributed by atoms with Crippen LogP contribution in [0, 0.1) is 27.7 Å². The van der Waals surface area contributed by atoms with Crippen LogP contribution in [0.5, 0.6) is 0 Å². The van der Waals surface area contributed by atoms with E-state index in [-0.39, 0.29) is 18.4 Å². The number of amides is 3. The van der Waals surface area contributed by atoms with Gasteiger partial charge in [0.05, 0.1) is 0 Å². The van der Waals surface area contributed by atoms with Crippen LogP contribution >= 0.6 is 0 Å². The Balaban J connectivity index is 2.47. The van der Waals surface area contributed by atoms with Crippen molar-refractivity contribution in [3.63, 3.8) is 0 Å². The van der Waals surface area contributed by atoms with E-state index < -0.39 is 17.7 Å². The van der Waals surface area contributed by atoms with Gasteiger partial charge in [-0.3, -0.25) is 9.59 Å². The Morgan fingerprint density at radius 2 is 1.38 bits per heavy atom. The van der Waals surface area contributed by atoms with Crippen molar-refractivity contribution in [2.75, 3.05) is 18.4 Å². The van der Waals surface area contributed by atoms with Gasteiger partial charge in [-0.2, -0.15) is 0 Å². The normalized spacial score (nSPS) is 12.0. The van der Waals surface area contributed by atoms with Gasteiger partial charge in [-0.05, 0) is 82.7 Å². The van der Waals surface area contributed by atoms with Gasteiger partial charge >= 0.3 is 6.09 Å². The van der Waals surface area contributed by atoms with Gasteiger partial charge in [0, 0.05) is 12.2 Å². The van der Waals surface area contributed by atoms with Crippen LogP contribution in [-0.4, -0.2) is 41.5 Å². The molecule has 2 N–H and O–H groups in total. The smallest absolute Gasteiger partial charge is 0.408 e. The molecule has 7 heteroatoms. The number of carbonyl (C=O) groups is 3. The molecule has 3 amide bonds. The first-order valence-electron chi connectivity index (χ1n) is 14.0. The lowest BCUT2D eigenvalue weighted by atomic mass is 9.93. The summed E-state index contributed by atoms with van der Waals surface area (Å²) in [6.45, 7) is 15.4. The minimum Gasteiger partial charge on any atom is -0.444 e. The van der Waals surface area contributed by atoms with Crippen LogP contribution in [0.3, 0.4) is 0 Å². The fraction of sp³-hybridized carbons (Fsp3) is 0.531. The molecule has 0 saturated carbocycles. The Kier molecular flexibility index (Phi) is 12.0. The second kappa shape index (κ2) is 14.7. The van der Waals surface area contributed by atoms with Gasteiger partial charge in [0.2, 0.25) is 5.91 Å². The van der Waals surface area contributed by atoms with E-state index in [9.17, 15) is 14.4 Å². The number of carbonyl (C=O) groups excluding carboxylic acids is 3. The monoisotopic (exact) mass is 537 g/mol. The van der Waals surface area contributed by atoms with Gasteiger partial charge in [-0.15, -0.1) is 0 Å². The van der Waals surface area contributed by atoms with Gasteiger partial charge in [-0.25, -0.2) is 4.79 Å². The summed E-state index contributed by atoms with van der Waals surface area (Å²) in [6, 6.07) is 10.9. The van der Waals surface area contributed by atoms with Crippen LogP contribution in [0.25, 0.3) is 0 Å². The number of hydrogen-bond donors (Lipinski definition) is 2. The number of nitrogens with zero attached hydrogens (tertiary/aromatic N) is 1. The fourth-order valence-electron chi connectivity index (χ4n) is 4.74. The Bertz CT molecular complexity index is 1100. The Hall–Kier alpha value is -3.35. The molecule has 214 valence electrons. The highest BCUT2D eigenvalue weighted by Gasteiger charge is 2.34. The summed E-state index contributed by atoms with van der Waals surface area (Å²) in [5.74, 6) is -0.607. The number of alkyl carbamates (subject to hydrolysis) is 1. The van der Waals surface area contributed by atoms with Gasteiger partial charge in [0.15, 0.2) is 0 Å². The maximum absolute atomic E-state index is 14.1. The van der Waals surface area contributed by atoms with Gasteiger partial charge in [-0.1, -0.05) is 69.0 Å². The molecule has 39 heavy (non-hydrogen) atoms. The second-order valence-corrected chi connectivity index (χ2v) is 11.3. The largest absolute Gasteiger partial charge is 0.444 e. The van der Waals surface area contributed by atoms with Crippen LogP contribution in [0.1, 0.15) is 93.7 Å². The zero-order chi connectivity index (χ0) is 29.2. The third-order valence-electron chi connectivity index (χ3n) is 6.71. The summed E-state index contributed by atoms with van der Waals surface area (Å²) in [6.07, 6.45) is 4.36. The molecule has 0 bridgehead atoms. The molecule has 0 aliphatic heterocycles. The summed E-state index contributed by atoms with van der Waals surface area (Å²) >= 11 is 0. The molecule has 2 rings (SSSR count).